The van der Waals surface area contributed by atoms with Crippen molar-refractivity contribution in [3.63, 3.8) is 0 Å². The number of rotatable bonds is 2. The Labute approximate surface area is 83.0 Å². The van der Waals surface area contributed by atoms with Gasteiger partial charge >= 0.3 is 0 Å². The van der Waals surface area contributed by atoms with Crippen LogP contribution in [0.4, 0.5) is 0 Å². The fourth-order valence-corrected chi connectivity index (χ4v) is 1.32. The number of aryl methyl sites for hydroxylation is 1. The van der Waals surface area contributed by atoms with E-state index in [9.17, 15) is 0 Å². The van der Waals surface area contributed by atoms with Crippen LogP contribution in [0.3, 0.4) is 0 Å². The molecule has 3 heteroatoms. The molecule has 0 bridgehead atoms. The van der Waals surface area contributed by atoms with Gasteiger partial charge in [-0.05, 0) is 24.3 Å². The van der Waals surface area contributed by atoms with E-state index in [0.29, 0.717) is 0 Å². The average Bonchev–Trinajstić information content (AvgIpc) is 2.65. The molecule has 3 nitrogen and oxygen atoms in total. The zero-order valence-corrected chi connectivity index (χ0v) is 8.27. The van der Waals surface area contributed by atoms with E-state index < -0.39 is 0 Å². The minimum absolute atomic E-state index is 0.865. The van der Waals surface area contributed by atoms with Crippen LogP contribution < -0.4 is 4.74 Å². The van der Waals surface area contributed by atoms with Crippen LogP contribution in [0.5, 0.6) is 5.75 Å². The van der Waals surface area contributed by atoms with Gasteiger partial charge in [0, 0.05) is 18.8 Å². The molecule has 0 atom stereocenters. The van der Waals surface area contributed by atoms with Gasteiger partial charge in [0.2, 0.25) is 0 Å². The lowest BCUT2D eigenvalue weighted by molar-refractivity contribution is 0.415. The van der Waals surface area contributed by atoms with Crippen molar-refractivity contribution in [1.29, 1.82) is 0 Å². The van der Waals surface area contributed by atoms with E-state index >= 15 is 0 Å². The smallest absolute Gasteiger partial charge is 0.118 e. The van der Waals surface area contributed by atoms with Crippen molar-refractivity contribution in [3.8, 4) is 17.0 Å². The summed E-state index contributed by atoms with van der Waals surface area (Å²) in [5.41, 5.74) is 2.08. The fourth-order valence-electron chi connectivity index (χ4n) is 1.32. The maximum atomic E-state index is 5.08. The summed E-state index contributed by atoms with van der Waals surface area (Å²) in [5, 5.41) is 0. The summed E-state index contributed by atoms with van der Waals surface area (Å²) >= 11 is 0. The molecular weight excluding hydrogens is 176 g/mol. The van der Waals surface area contributed by atoms with Gasteiger partial charge in [-0.2, -0.15) is 0 Å². The Bertz CT molecular complexity index is 417. The van der Waals surface area contributed by atoms with E-state index in [1.807, 2.05) is 42.1 Å². The monoisotopic (exact) mass is 188 g/mol. The number of aromatic nitrogens is 2. The highest BCUT2D eigenvalue weighted by Crippen LogP contribution is 2.19. The topological polar surface area (TPSA) is 27.1 Å². The van der Waals surface area contributed by atoms with E-state index in [-0.39, 0.29) is 0 Å². The minimum Gasteiger partial charge on any atom is -0.497 e. The zero-order chi connectivity index (χ0) is 9.97. The first-order valence-corrected chi connectivity index (χ1v) is 4.42. The highest BCUT2D eigenvalue weighted by atomic mass is 16.5. The Morgan fingerprint density at radius 2 is 1.93 bits per heavy atom. The van der Waals surface area contributed by atoms with Crippen LogP contribution in [0.1, 0.15) is 0 Å². The Balaban J connectivity index is 2.33. The quantitative estimate of drug-likeness (QED) is 0.721. The number of hydrogen-bond acceptors (Lipinski definition) is 2. The molecule has 0 fully saturated rings. The molecule has 0 unspecified atom stereocenters. The van der Waals surface area contributed by atoms with Gasteiger partial charge in [0.1, 0.15) is 5.75 Å². The average molecular weight is 188 g/mol. The summed E-state index contributed by atoms with van der Waals surface area (Å²) in [5.74, 6) is 0.865. The summed E-state index contributed by atoms with van der Waals surface area (Å²) in [6.07, 6.45) is 3.78. The molecule has 0 N–H and O–H groups in total. The van der Waals surface area contributed by atoms with Gasteiger partial charge in [0.05, 0.1) is 19.1 Å². The Morgan fingerprint density at radius 3 is 2.43 bits per heavy atom. The van der Waals surface area contributed by atoms with Crippen LogP contribution in [0.2, 0.25) is 0 Å². The molecule has 2 aromatic rings. The second-order valence-electron chi connectivity index (χ2n) is 3.15. The molecule has 0 spiro atoms. The Hall–Kier alpha value is -1.77. The summed E-state index contributed by atoms with van der Waals surface area (Å²) in [7, 11) is 3.62. The molecule has 0 aliphatic carbocycles. The number of hydrogen-bond donors (Lipinski definition) is 0. The Kier molecular flexibility index (Phi) is 2.23. The van der Waals surface area contributed by atoms with E-state index in [2.05, 4.69) is 4.98 Å². The van der Waals surface area contributed by atoms with Crippen molar-refractivity contribution in [2.75, 3.05) is 7.11 Å². The molecule has 0 radical (unpaired) electrons. The van der Waals surface area contributed by atoms with Gasteiger partial charge in [-0.1, -0.05) is 0 Å². The lowest BCUT2D eigenvalue weighted by atomic mass is 10.2. The first-order chi connectivity index (χ1) is 6.79. The van der Waals surface area contributed by atoms with Crippen LogP contribution in [0, 0.1) is 0 Å². The molecule has 0 amide bonds. The first kappa shape index (κ1) is 8.81. The van der Waals surface area contributed by atoms with Crippen LogP contribution >= 0.6 is 0 Å². The lowest BCUT2D eigenvalue weighted by Gasteiger charge is -2.00. The van der Waals surface area contributed by atoms with Crippen LogP contribution in [-0.2, 0) is 7.05 Å². The first-order valence-electron chi connectivity index (χ1n) is 4.42. The third-order valence-corrected chi connectivity index (χ3v) is 2.09. The van der Waals surface area contributed by atoms with Gasteiger partial charge in [-0.3, -0.25) is 0 Å². The zero-order valence-electron chi connectivity index (χ0n) is 8.27. The van der Waals surface area contributed by atoms with Crippen molar-refractivity contribution in [2.24, 2.45) is 7.05 Å². The largest absolute Gasteiger partial charge is 0.497 e. The molecule has 72 valence electrons. The molecule has 1 heterocycles. The van der Waals surface area contributed by atoms with Crippen molar-refractivity contribution in [3.05, 3.63) is 36.8 Å². The highest BCUT2D eigenvalue weighted by Gasteiger charge is 2.00. The van der Waals surface area contributed by atoms with Crippen LogP contribution in [-0.4, -0.2) is 16.7 Å². The number of benzene rings is 1. The third-order valence-electron chi connectivity index (χ3n) is 2.09. The fraction of sp³-hybridized carbons (Fsp3) is 0.182. The normalized spacial score (nSPS) is 10.1. The SMILES string of the molecule is COc1ccc(-c2cn(C)cn2)cc1. The maximum absolute atomic E-state index is 5.08. The molecule has 2 rings (SSSR count). The molecule has 0 saturated heterocycles. The molecule has 0 aliphatic heterocycles. The van der Waals surface area contributed by atoms with Gasteiger partial charge in [-0.25, -0.2) is 4.98 Å². The van der Waals surface area contributed by atoms with Gasteiger partial charge < -0.3 is 9.30 Å². The van der Waals surface area contributed by atoms with Crippen LogP contribution in [0.25, 0.3) is 11.3 Å². The third kappa shape index (κ3) is 1.62. The van der Waals surface area contributed by atoms with Crippen molar-refractivity contribution in [1.82, 2.24) is 9.55 Å². The van der Waals surface area contributed by atoms with Crippen molar-refractivity contribution < 1.29 is 4.74 Å². The molecule has 1 aromatic carbocycles. The van der Waals surface area contributed by atoms with E-state index in [0.717, 1.165) is 17.0 Å². The van der Waals surface area contributed by atoms with E-state index in [1.54, 1.807) is 13.4 Å². The second kappa shape index (κ2) is 3.54. The van der Waals surface area contributed by atoms with E-state index in [1.165, 1.54) is 0 Å². The molecule has 14 heavy (non-hydrogen) atoms. The molecule has 0 saturated carbocycles. The highest BCUT2D eigenvalue weighted by molar-refractivity contribution is 5.59. The predicted octanol–water partition coefficient (Wildman–Crippen LogP) is 2.10. The van der Waals surface area contributed by atoms with Crippen molar-refractivity contribution >= 4 is 0 Å². The standard InChI is InChI=1S/C11H12N2O/c1-13-7-11(12-8-13)9-3-5-10(14-2)6-4-9/h3-8H,1-2H3. The molecular formula is C11H12N2O. The molecule has 1 aromatic heterocycles. The summed E-state index contributed by atoms with van der Waals surface area (Å²) in [4.78, 5) is 4.26. The minimum atomic E-state index is 0.865. The summed E-state index contributed by atoms with van der Waals surface area (Å²) < 4.78 is 7.01. The Morgan fingerprint density at radius 1 is 1.21 bits per heavy atom. The molecule has 0 aliphatic rings. The van der Waals surface area contributed by atoms with E-state index in [4.69, 9.17) is 4.74 Å². The van der Waals surface area contributed by atoms with Gasteiger partial charge in [0.25, 0.3) is 0 Å². The lowest BCUT2D eigenvalue weighted by Crippen LogP contribution is -1.82. The number of ether oxygens (including phenoxy) is 1. The second-order valence-corrected chi connectivity index (χ2v) is 3.15. The number of nitrogens with zero attached hydrogens (tertiary/aromatic N) is 2. The number of methoxy groups -OCH3 is 1. The predicted molar refractivity (Wildman–Crippen MR) is 55.2 cm³/mol. The van der Waals surface area contributed by atoms with Gasteiger partial charge in [-0.15, -0.1) is 0 Å². The number of imidazole rings is 1. The summed E-state index contributed by atoms with van der Waals surface area (Å²) in [6.45, 7) is 0. The maximum Gasteiger partial charge on any atom is 0.118 e. The van der Waals surface area contributed by atoms with Crippen LogP contribution in [0.15, 0.2) is 36.8 Å². The summed E-state index contributed by atoms with van der Waals surface area (Å²) in [6, 6.07) is 7.87. The van der Waals surface area contributed by atoms with Crippen molar-refractivity contribution in [2.45, 2.75) is 0 Å². The van der Waals surface area contributed by atoms with Gasteiger partial charge in [0.15, 0.2) is 0 Å².